The summed E-state index contributed by atoms with van der Waals surface area (Å²) in [6.07, 6.45) is -4.19. The molecular weight excluding hydrogens is 264 g/mol. The summed E-state index contributed by atoms with van der Waals surface area (Å²) in [5.41, 5.74) is 4.30. The zero-order valence-electron chi connectivity index (χ0n) is 9.99. The summed E-state index contributed by atoms with van der Waals surface area (Å²) in [6, 6.07) is 1.19. The molecule has 0 bridgehead atoms. The van der Waals surface area contributed by atoms with Gasteiger partial charge in [0.15, 0.2) is 6.10 Å². The molecule has 106 valence electrons. The van der Waals surface area contributed by atoms with Crippen molar-refractivity contribution in [2.45, 2.75) is 24.4 Å². The molecular formula is C10H13F2N3O4. The summed E-state index contributed by atoms with van der Waals surface area (Å²) in [6.45, 7) is -0.218. The third kappa shape index (κ3) is 2.31. The van der Waals surface area contributed by atoms with Crippen LogP contribution in [0.25, 0.3) is 0 Å². The van der Waals surface area contributed by atoms with Gasteiger partial charge in [-0.25, -0.2) is 4.79 Å². The van der Waals surface area contributed by atoms with E-state index in [9.17, 15) is 18.7 Å². The van der Waals surface area contributed by atoms with Crippen LogP contribution in [-0.4, -0.2) is 46.5 Å². The summed E-state index contributed by atoms with van der Waals surface area (Å²) >= 11 is 0. The molecule has 2 rings (SSSR count). The molecule has 1 unspecified atom stereocenters. The molecule has 1 saturated heterocycles. The number of hydrogen-bond acceptors (Lipinski definition) is 6. The van der Waals surface area contributed by atoms with Crippen LogP contribution in [0.2, 0.25) is 0 Å². The van der Waals surface area contributed by atoms with Crippen molar-refractivity contribution in [2.75, 3.05) is 19.5 Å². The lowest BCUT2D eigenvalue weighted by molar-refractivity contribution is -0.141. The SMILES string of the molecule is COC[C@H]1OC(n2ccc(N)nc2=O)C(F)(F)[C@@H]1O. The Morgan fingerprint density at radius 3 is 2.95 bits per heavy atom. The van der Waals surface area contributed by atoms with E-state index in [1.54, 1.807) is 0 Å². The maximum atomic E-state index is 13.9. The van der Waals surface area contributed by atoms with Gasteiger partial charge in [-0.05, 0) is 6.07 Å². The van der Waals surface area contributed by atoms with E-state index in [0.29, 0.717) is 4.57 Å². The van der Waals surface area contributed by atoms with Gasteiger partial charge in [0.05, 0.1) is 6.61 Å². The van der Waals surface area contributed by atoms with Crippen LogP contribution >= 0.6 is 0 Å². The maximum absolute atomic E-state index is 13.9. The van der Waals surface area contributed by atoms with Crippen molar-refractivity contribution in [3.63, 3.8) is 0 Å². The molecule has 19 heavy (non-hydrogen) atoms. The lowest BCUT2D eigenvalue weighted by Crippen LogP contribution is -2.41. The van der Waals surface area contributed by atoms with E-state index in [1.165, 1.54) is 13.2 Å². The van der Waals surface area contributed by atoms with Gasteiger partial charge in [-0.2, -0.15) is 13.8 Å². The van der Waals surface area contributed by atoms with Crippen molar-refractivity contribution < 1.29 is 23.4 Å². The molecule has 3 N–H and O–H groups in total. The lowest BCUT2D eigenvalue weighted by Gasteiger charge is -2.20. The van der Waals surface area contributed by atoms with E-state index in [1.807, 2.05) is 0 Å². The lowest BCUT2D eigenvalue weighted by atomic mass is 10.1. The molecule has 9 heteroatoms. The summed E-state index contributed by atoms with van der Waals surface area (Å²) in [4.78, 5) is 14.9. The van der Waals surface area contributed by atoms with E-state index in [-0.39, 0.29) is 12.4 Å². The van der Waals surface area contributed by atoms with Gasteiger partial charge in [-0.1, -0.05) is 0 Å². The molecule has 0 amide bonds. The van der Waals surface area contributed by atoms with E-state index in [4.69, 9.17) is 10.5 Å². The number of halogens is 2. The number of aliphatic hydroxyl groups excluding tert-OH is 1. The highest BCUT2D eigenvalue weighted by atomic mass is 19.3. The molecule has 0 spiro atoms. The van der Waals surface area contributed by atoms with Crippen molar-refractivity contribution >= 4 is 5.82 Å². The third-order valence-corrected chi connectivity index (χ3v) is 2.81. The van der Waals surface area contributed by atoms with Gasteiger partial charge in [0, 0.05) is 13.3 Å². The molecule has 1 aliphatic heterocycles. The number of rotatable bonds is 3. The molecule has 3 atom stereocenters. The average Bonchev–Trinajstić information content (AvgIpc) is 2.54. The number of alkyl halides is 2. The van der Waals surface area contributed by atoms with Gasteiger partial charge in [-0.3, -0.25) is 4.57 Å². The monoisotopic (exact) mass is 277 g/mol. The van der Waals surface area contributed by atoms with Crippen LogP contribution in [0.3, 0.4) is 0 Å². The maximum Gasteiger partial charge on any atom is 0.351 e. The molecule has 7 nitrogen and oxygen atoms in total. The Morgan fingerprint density at radius 2 is 2.37 bits per heavy atom. The Labute approximate surface area is 106 Å². The van der Waals surface area contributed by atoms with Crippen molar-refractivity contribution in [1.29, 1.82) is 0 Å². The molecule has 1 aromatic heterocycles. The van der Waals surface area contributed by atoms with Crippen LogP contribution in [0.15, 0.2) is 17.1 Å². The number of methoxy groups -OCH3 is 1. The second kappa shape index (κ2) is 4.83. The topological polar surface area (TPSA) is 99.6 Å². The Morgan fingerprint density at radius 1 is 1.68 bits per heavy atom. The largest absolute Gasteiger partial charge is 0.384 e. The molecule has 0 aromatic carbocycles. The van der Waals surface area contributed by atoms with Crippen molar-refractivity contribution in [1.82, 2.24) is 9.55 Å². The van der Waals surface area contributed by atoms with Crippen LogP contribution in [0, 0.1) is 0 Å². The van der Waals surface area contributed by atoms with E-state index < -0.39 is 30.0 Å². The summed E-state index contributed by atoms with van der Waals surface area (Å²) < 4.78 is 38.1. The third-order valence-electron chi connectivity index (χ3n) is 2.81. The van der Waals surface area contributed by atoms with Crippen molar-refractivity contribution in [3.8, 4) is 0 Å². The van der Waals surface area contributed by atoms with E-state index in [0.717, 1.165) is 6.20 Å². The second-order valence-corrected chi connectivity index (χ2v) is 4.14. The normalized spacial score (nSPS) is 29.6. The Balaban J connectivity index is 2.36. The van der Waals surface area contributed by atoms with Crippen LogP contribution in [-0.2, 0) is 9.47 Å². The fourth-order valence-electron chi connectivity index (χ4n) is 1.87. The summed E-state index contributed by atoms with van der Waals surface area (Å²) in [7, 11) is 1.29. The predicted octanol–water partition coefficient (Wildman–Crippen LogP) is -0.635. The quantitative estimate of drug-likeness (QED) is 0.762. The molecule has 1 fully saturated rings. The van der Waals surface area contributed by atoms with E-state index >= 15 is 0 Å². The first-order valence-electron chi connectivity index (χ1n) is 5.43. The fraction of sp³-hybridized carbons (Fsp3) is 0.600. The van der Waals surface area contributed by atoms with Crippen molar-refractivity contribution in [3.05, 3.63) is 22.7 Å². The first-order chi connectivity index (χ1) is 8.87. The van der Waals surface area contributed by atoms with Gasteiger partial charge in [0.25, 0.3) is 0 Å². The second-order valence-electron chi connectivity index (χ2n) is 4.14. The van der Waals surface area contributed by atoms with Crippen LogP contribution in [0.4, 0.5) is 14.6 Å². The Hall–Kier alpha value is -1.58. The number of nitrogens with two attached hydrogens (primary N) is 1. The minimum Gasteiger partial charge on any atom is -0.384 e. The minimum atomic E-state index is -3.63. The van der Waals surface area contributed by atoms with E-state index in [2.05, 4.69) is 9.72 Å². The van der Waals surface area contributed by atoms with Crippen LogP contribution < -0.4 is 11.4 Å². The molecule has 1 aromatic rings. The van der Waals surface area contributed by atoms with Gasteiger partial charge in [0.1, 0.15) is 11.9 Å². The van der Waals surface area contributed by atoms with Gasteiger partial charge in [-0.15, -0.1) is 0 Å². The zero-order chi connectivity index (χ0) is 14.2. The number of aromatic nitrogens is 2. The first kappa shape index (κ1) is 13.8. The van der Waals surface area contributed by atoms with Crippen LogP contribution in [0.1, 0.15) is 6.23 Å². The Kier molecular flexibility index (Phi) is 3.52. The number of ether oxygens (including phenoxy) is 2. The van der Waals surface area contributed by atoms with Gasteiger partial charge in [0.2, 0.25) is 6.23 Å². The molecule has 0 radical (unpaired) electrons. The van der Waals surface area contributed by atoms with Gasteiger partial charge < -0.3 is 20.3 Å². The molecule has 0 saturated carbocycles. The fourth-order valence-corrected chi connectivity index (χ4v) is 1.87. The smallest absolute Gasteiger partial charge is 0.351 e. The summed E-state index contributed by atoms with van der Waals surface area (Å²) in [5.74, 6) is -3.72. The minimum absolute atomic E-state index is 0.0865. The highest BCUT2D eigenvalue weighted by Gasteiger charge is 2.59. The molecule has 0 aliphatic carbocycles. The first-order valence-corrected chi connectivity index (χ1v) is 5.43. The number of anilines is 1. The zero-order valence-corrected chi connectivity index (χ0v) is 9.99. The molecule has 2 heterocycles. The predicted molar refractivity (Wildman–Crippen MR) is 59.6 cm³/mol. The van der Waals surface area contributed by atoms with Crippen molar-refractivity contribution in [2.24, 2.45) is 0 Å². The molecule has 1 aliphatic rings. The number of nitrogen functional groups attached to an aromatic ring is 1. The number of hydrogen-bond donors (Lipinski definition) is 2. The highest BCUT2D eigenvalue weighted by Crippen LogP contribution is 2.42. The van der Waals surface area contributed by atoms with Crippen LogP contribution in [0.5, 0.6) is 0 Å². The summed E-state index contributed by atoms with van der Waals surface area (Å²) in [5, 5.41) is 9.51. The standard InChI is InChI=1S/C10H13F2N3O4/c1-18-4-5-7(16)10(11,12)8(19-5)15-3-2-6(13)14-9(15)17/h2-3,5,7-8,16H,4H2,1H3,(H2,13,14,17)/t5-,7-,8?/m1/s1. The highest BCUT2D eigenvalue weighted by molar-refractivity contribution is 5.23. The number of nitrogens with zero attached hydrogens (tertiary/aromatic N) is 2. The Bertz CT molecular complexity index is 522. The number of aliphatic hydroxyl groups is 1. The average molecular weight is 277 g/mol. The van der Waals surface area contributed by atoms with Gasteiger partial charge >= 0.3 is 11.6 Å².